The quantitative estimate of drug-likeness (QED) is 0.416. The van der Waals surface area contributed by atoms with Crippen molar-refractivity contribution in [3.05, 3.63) is 77.4 Å². The molecule has 3 aromatic rings. The van der Waals surface area contributed by atoms with Crippen LogP contribution in [0, 0.1) is 13.8 Å². The number of amides is 1. The first-order chi connectivity index (χ1) is 16.7. The van der Waals surface area contributed by atoms with E-state index in [4.69, 9.17) is 14.2 Å². The normalized spacial score (nSPS) is 11.1. The topological polar surface area (TPSA) is 103 Å². The summed E-state index contributed by atoms with van der Waals surface area (Å²) >= 11 is 0. The van der Waals surface area contributed by atoms with Crippen LogP contribution < -0.4 is 24.2 Å². The lowest BCUT2D eigenvalue weighted by Gasteiger charge is -2.11. The van der Waals surface area contributed by atoms with Crippen LogP contribution in [0.5, 0.6) is 17.2 Å². The van der Waals surface area contributed by atoms with Gasteiger partial charge in [0.2, 0.25) is 10.0 Å². The summed E-state index contributed by atoms with van der Waals surface area (Å²) in [5.74, 6) is 1.29. The van der Waals surface area contributed by atoms with Gasteiger partial charge in [-0.15, -0.1) is 0 Å². The Kier molecular flexibility index (Phi) is 8.73. The van der Waals surface area contributed by atoms with Crippen molar-refractivity contribution in [1.29, 1.82) is 0 Å². The molecule has 0 atom stereocenters. The van der Waals surface area contributed by atoms with Crippen LogP contribution in [-0.4, -0.2) is 41.7 Å². The summed E-state index contributed by atoms with van der Waals surface area (Å²) in [4.78, 5) is 12.3. The molecule has 0 aromatic heterocycles. The highest BCUT2D eigenvalue weighted by Crippen LogP contribution is 2.27. The van der Waals surface area contributed by atoms with Crippen LogP contribution in [0.2, 0.25) is 0 Å². The molecule has 35 heavy (non-hydrogen) atoms. The molecule has 0 bridgehead atoms. The molecule has 3 rings (SSSR count). The first-order valence-corrected chi connectivity index (χ1v) is 12.5. The second kappa shape index (κ2) is 11.7. The minimum Gasteiger partial charge on any atom is -0.493 e. The third-order valence-corrected chi connectivity index (χ3v) is 6.64. The fraction of sp³-hybridized carbons (Fsp3) is 0.269. The number of ether oxygens (including phenoxy) is 3. The summed E-state index contributed by atoms with van der Waals surface area (Å²) in [5.41, 5.74) is 3.72. The van der Waals surface area contributed by atoms with Crippen molar-refractivity contribution in [3.63, 3.8) is 0 Å². The van der Waals surface area contributed by atoms with Crippen LogP contribution in [0.1, 0.15) is 16.7 Å². The van der Waals surface area contributed by atoms with Gasteiger partial charge < -0.3 is 19.5 Å². The van der Waals surface area contributed by atoms with Crippen molar-refractivity contribution in [2.75, 3.05) is 32.7 Å². The Morgan fingerprint density at radius 1 is 0.857 bits per heavy atom. The van der Waals surface area contributed by atoms with Crippen LogP contribution >= 0.6 is 0 Å². The van der Waals surface area contributed by atoms with Gasteiger partial charge in [-0.2, -0.15) is 0 Å². The van der Waals surface area contributed by atoms with Crippen molar-refractivity contribution in [1.82, 2.24) is 4.72 Å². The minimum absolute atomic E-state index is 0.108. The molecule has 0 radical (unpaired) electrons. The number of anilines is 1. The average molecular weight is 499 g/mol. The molecule has 0 unspecified atom stereocenters. The maximum Gasteiger partial charge on any atom is 0.262 e. The molecule has 0 aliphatic heterocycles. The predicted molar refractivity (Wildman–Crippen MR) is 135 cm³/mol. The minimum atomic E-state index is -3.70. The van der Waals surface area contributed by atoms with Crippen LogP contribution in [0.4, 0.5) is 5.69 Å². The zero-order valence-corrected chi connectivity index (χ0v) is 21.1. The smallest absolute Gasteiger partial charge is 0.262 e. The second-order valence-electron chi connectivity index (χ2n) is 8.02. The molecule has 3 aromatic carbocycles. The molecule has 0 heterocycles. The fourth-order valence-electron chi connectivity index (χ4n) is 3.56. The van der Waals surface area contributed by atoms with E-state index in [9.17, 15) is 13.2 Å². The Hall–Kier alpha value is -3.56. The van der Waals surface area contributed by atoms with E-state index in [-0.39, 0.29) is 24.0 Å². The van der Waals surface area contributed by atoms with Gasteiger partial charge in [0.1, 0.15) is 5.75 Å². The second-order valence-corrected chi connectivity index (χ2v) is 9.79. The highest BCUT2D eigenvalue weighted by Gasteiger charge is 2.14. The number of sulfonamides is 1. The van der Waals surface area contributed by atoms with Crippen LogP contribution in [-0.2, 0) is 21.2 Å². The summed E-state index contributed by atoms with van der Waals surface area (Å²) in [6.07, 6.45) is 0.482. The molecule has 186 valence electrons. The van der Waals surface area contributed by atoms with Crippen LogP contribution in [0.15, 0.2) is 65.6 Å². The maximum absolute atomic E-state index is 12.6. The van der Waals surface area contributed by atoms with Gasteiger partial charge in [0, 0.05) is 12.2 Å². The predicted octanol–water partition coefficient (Wildman–Crippen LogP) is 3.86. The summed E-state index contributed by atoms with van der Waals surface area (Å²) < 4.78 is 43.8. The molecule has 1 amide bonds. The van der Waals surface area contributed by atoms with Crippen LogP contribution in [0.25, 0.3) is 0 Å². The maximum atomic E-state index is 12.6. The Balaban J connectivity index is 1.51. The largest absolute Gasteiger partial charge is 0.493 e. The zero-order chi connectivity index (χ0) is 25.4. The van der Waals surface area contributed by atoms with Gasteiger partial charge in [-0.05, 0) is 85.5 Å². The lowest BCUT2D eigenvalue weighted by Crippen LogP contribution is -2.26. The summed E-state index contributed by atoms with van der Waals surface area (Å²) in [5, 5.41) is 2.79. The van der Waals surface area contributed by atoms with Gasteiger partial charge >= 0.3 is 0 Å². The molecule has 8 nitrogen and oxygen atoms in total. The Bertz CT molecular complexity index is 1250. The van der Waals surface area contributed by atoms with E-state index >= 15 is 0 Å². The van der Waals surface area contributed by atoms with Crippen molar-refractivity contribution in [2.24, 2.45) is 0 Å². The number of carbonyl (C=O) groups excluding carboxylic acids is 1. The van der Waals surface area contributed by atoms with Gasteiger partial charge in [0.25, 0.3) is 5.91 Å². The van der Waals surface area contributed by atoms with Gasteiger partial charge in [-0.1, -0.05) is 12.1 Å². The average Bonchev–Trinajstić information content (AvgIpc) is 2.82. The van der Waals surface area contributed by atoms with E-state index < -0.39 is 10.0 Å². The summed E-state index contributed by atoms with van der Waals surface area (Å²) in [6.45, 7) is 3.94. The monoisotopic (exact) mass is 498 g/mol. The van der Waals surface area contributed by atoms with Gasteiger partial charge in [0.15, 0.2) is 18.1 Å². The van der Waals surface area contributed by atoms with Gasteiger partial charge in [0.05, 0.1) is 19.1 Å². The first-order valence-electron chi connectivity index (χ1n) is 11.0. The molecule has 0 spiro atoms. The molecular weight excluding hydrogens is 468 g/mol. The Morgan fingerprint density at radius 3 is 2.14 bits per heavy atom. The van der Waals surface area contributed by atoms with E-state index in [2.05, 4.69) is 10.0 Å². The number of methoxy groups -OCH3 is 2. The number of carbonyl (C=O) groups is 1. The lowest BCUT2D eigenvalue weighted by atomic mass is 10.1. The zero-order valence-electron chi connectivity index (χ0n) is 20.3. The summed E-state index contributed by atoms with van der Waals surface area (Å²) in [7, 11) is -0.587. The Morgan fingerprint density at radius 2 is 1.51 bits per heavy atom. The van der Waals surface area contributed by atoms with Crippen molar-refractivity contribution >= 4 is 21.6 Å². The third kappa shape index (κ3) is 7.46. The van der Waals surface area contributed by atoms with E-state index in [0.717, 1.165) is 16.7 Å². The van der Waals surface area contributed by atoms with E-state index in [1.807, 2.05) is 44.2 Å². The molecule has 0 saturated heterocycles. The lowest BCUT2D eigenvalue weighted by molar-refractivity contribution is -0.118. The highest BCUT2D eigenvalue weighted by atomic mass is 32.2. The standard InChI is InChI=1S/C26H30N2O6S/c1-18-13-19(2)15-21(14-18)28-26(29)17-34-22-6-8-23(9-7-22)35(30,31)27-12-11-20-5-10-24(32-3)25(16-20)33-4/h5-10,13-16,27H,11-12,17H2,1-4H3,(H,28,29). The number of rotatable bonds is 11. The fourth-order valence-corrected chi connectivity index (χ4v) is 4.59. The molecule has 0 fully saturated rings. The number of aryl methyl sites for hydroxylation is 2. The van der Waals surface area contributed by atoms with E-state index in [1.165, 1.54) is 24.3 Å². The Labute approximate surface area is 206 Å². The molecular formula is C26H30N2O6S. The van der Waals surface area contributed by atoms with Crippen molar-refractivity contribution in [2.45, 2.75) is 25.2 Å². The highest BCUT2D eigenvalue weighted by molar-refractivity contribution is 7.89. The molecule has 9 heteroatoms. The molecule has 0 saturated carbocycles. The summed E-state index contributed by atoms with van der Waals surface area (Å²) in [6, 6.07) is 17.2. The molecule has 2 N–H and O–H groups in total. The van der Waals surface area contributed by atoms with Crippen LogP contribution in [0.3, 0.4) is 0 Å². The van der Waals surface area contributed by atoms with Gasteiger partial charge in [-0.25, -0.2) is 13.1 Å². The first kappa shape index (κ1) is 26.1. The number of hydrogen-bond donors (Lipinski definition) is 2. The van der Waals surface area contributed by atoms with Gasteiger partial charge in [-0.3, -0.25) is 4.79 Å². The number of hydrogen-bond acceptors (Lipinski definition) is 6. The van der Waals surface area contributed by atoms with Crippen molar-refractivity contribution in [3.8, 4) is 17.2 Å². The number of nitrogens with one attached hydrogen (secondary N) is 2. The number of benzene rings is 3. The molecule has 0 aliphatic rings. The van der Waals surface area contributed by atoms with E-state index in [0.29, 0.717) is 29.4 Å². The SMILES string of the molecule is COc1ccc(CCNS(=O)(=O)c2ccc(OCC(=O)Nc3cc(C)cc(C)c3)cc2)cc1OC. The molecule has 0 aliphatic carbocycles. The third-order valence-electron chi connectivity index (χ3n) is 5.16. The van der Waals surface area contributed by atoms with E-state index in [1.54, 1.807) is 20.3 Å². The van der Waals surface area contributed by atoms with Crippen molar-refractivity contribution < 1.29 is 27.4 Å².